The molecule has 0 aromatic carbocycles. The van der Waals surface area contributed by atoms with E-state index in [4.69, 9.17) is 0 Å². The second kappa shape index (κ2) is 5.43. The van der Waals surface area contributed by atoms with Gasteiger partial charge in [0, 0.05) is 37.6 Å². The molecule has 22 heavy (non-hydrogen) atoms. The Morgan fingerprint density at radius 2 is 2.14 bits per heavy atom. The average Bonchev–Trinajstić information content (AvgIpc) is 2.94. The fraction of sp³-hybridized carbons (Fsp3) is 0.357. The van der Waals surface area contributed by atoms with Crippen LogP contribution >= 0.6 is 0 Å². The van der Waals surface area contributed by atoms with Crippen LogP contribution in [0.4, 0.5) is 13.2 Å². The van der Waals surface area contributed by atoms with E-state index in [-0.39, 0.29) is 11.7 Å². The summed E-state index contributed by atoms with van der Waals surface area (Å²) in [5.74, 6) is 0.500. The van der Waals surface area contributed by atoms with Crippen molar-refractivity contribution in [3.63, 3.8) is 0 Å². The van der Waals surface area contributed by atoms with E-state index >= 15 is 0 Å². The molecule has 0 bridgehead atoms. The van der Waals surface area contributed by atoms with Crippen molar-refractivity contribution in [1.82, 2.24) is 19.9 Å². The Morgan fingerprint density at radius 1 is 1.32 bits per heavy atom. The summed E-state index contributed by atoms with van der Waals surface area (Å²) in [6, 6.07) is 1.86. The summed E-state index contributed by atoms with van der Waals surface area (Å²) in [6.45, 7) is 0.599. The van der Waals surface area contributed by atoms with Gasteiger partial charge in [0.25, 0.3) is 5.91 Å². The molecule has 3 heterocycles. The van der Waals surface area contributed by atoms with Gasteiger partial charge in [-0.05, 0) is 18.6 Å². The molecule has 1 atom stereocenters. The van der Waals surface area contributed by atoms with Crippen molar-refractivity contribution >= 4 is 5.91 Å². The van der Waals surface area contributed by atoms with Crippen molar-refractivity contribution in [2.75, 3.05) is 0 Å². The fourth-order valence-electron chi connectivity index (χ4n) is 2.44. The molecule has 5 nitrogen and oxygen atoms in total. The number of imidazole rings is 1. The summed E-state index contributed by atoms with van der Waals surface area (Å²) in [5, 5.41) is 2.79. The van der Waals surface area contributed by atoms with E-state index in [0.717, 1.165) is 30.8 Å². The number of halogens is 3. The molecule has 1 aliphatic rings. The van der Waals surface area contributed by atoms with Crippen LogP contribution in [0.3, 0.4) is 0 Å². The van der Waals surface area contributed by atoms with Crippen LogP contribution in [-0.4, -0.2) is 26.5 Å². The van der Waals surface area contributed by atoms with Crippen LogP contribution in [0.2, 0.25) is 0 Å². The minimum atomic E-state index is -4.46. The second-order valence-electron chi connectivity index (χ2n) is 5.13. The first-order valence-corrected chi connectivity index (χ1v) is 6.77. The van der Waals surface area contributed by atoms with Gasteiger partial charge in [0.05, 0.1) is 5.56 Å². The number of carbonyl (C=O) groups excluding carboxylic acids is 1. The maximum absolute atomic E-state index is 12.5. The summed E-state index contributed by atoms with van der Waals surface area (Å²) in [5.41, 5.74) is -0.894. The highest BCUT2D eigenvalue weighted by atomic mass is 19.4. The van der Waals surface area contributed by atoms with E-state index in [1.165, 1.54) is 0 Å². The maximum Gasteiger partial charge on any atom is 0.417 e. The monoisotopic (exact) mass is 310 g/mol. The van der Waals surface area contributed by atoms with Crippen molar-refractivity contribution < 1.29 is 18.0 Å². The van der Waals surface area contributed by atoms with Gasteiger partial charge in [0.15, 0.2) is 0 Å². The lowest BCUT2D eigenvalue weighted by Gasteiger charge is -2.24. The number of rotatable bonds is 2. The molecule has 0 fully saturated rings. The number of pyridine rings is 1. The number of alkyl halides is 3. The Bertz CT molecular complexity index is 678. The minimum absolute atomic E-state index is 0.0237. The van der Waals surface area contributed by atoms with E-state index in [1.807, 2.05) is 10.8 Å². The van der Waals surface area contributed by atoms with Crippen LogP contribution in [0.1, 0.15) is 28.3 Å². The highest BCUT2D eigenvalue weighted by Gasteiger charge is 2.31. The number of aryl methyl sites for hydroxylation is 1. The van der Waals surface area contributed by atoms with Crippen molar-refractivity contribution in [3.8, 4) is 0 Å². The van der Waals surface area contributed by atoms with Gasteiger partial charge in [0.2, 0.25) is 0 Å². The summed E-state index contributed by atoms with van der Waals surface area (Å²) in [7, 11) is 0. The average molecular weight is 310 g/mol. The molecule has 2 aromatic heterocycles. The van der Waals surface area contributed by atoms with Crippen molar-refractivity contribution in [2.45, 2.75) is 31.6 Å². The molecule has 116 valence electrons. The molecule has 3 rings (SSSR count). The zero-order chi connectivity index (χ0) is 15.7. The van der Waals surface area contributed by atoms with Gasteiger partial charge in [-0.25, -0.2) is 4.98 Å². The summed E-state index contributed by atoms with van der Waals surface area (Å²) < 4.78 is 39.3. The van der Waals surface area contributed by atoms with Gasteiger partial charge in [0.1, 0.15) is 11.5 Å². The van der Waals surface area contributed by atoms with Gasteiger partial charge in [-0.2, -0.15) is 13.2 Å². The smallest absolute Gasteiger partial charge is 0.346 e. The molecular weight excluding hydrogens is 297 g/mol. The van der Waals surface area contributed by atoms with Gasteiger partial charge in [-0.15, -0.1) is 0 Å². The van der Waals surface area contributed by atoms with Crippen LogP contribution in [-0.2, 0) is 19.1 Å². The SMILES string of the molecule is O=C(NC1CCc2nccn2C1)c1ccc(C(F)(F)F)cn1. The van der Waals surface area contributed by atoms with Crippen LogP contribution < -0.4 is 5.32 Å². The number of aromatic nitrogens is 3. The Kier molecular flexibility index (Phi) is 3.59. The number of carbonyl (C=O) groups is 1. The van der Waals surface area contributed by atoms with Crippen LogP contribution in [0.25, 0.3) is 0 Å². The molecule has 0 spiro atoms. The number of hydrogen-bond acceptors (Lipinski definition) is 3. The van der Waals surface area contributed by atoms with Crippen molar-refractivity contribution in [1.29, 1.82) is 0 Å². The Hall–Kier alpha value is -2.38. The lowest BCUT2D eigenvalue weighted by molar-refractivity contribution is -0.137. The van der Waals surface area contributed by atoms with Crippen LogP contribution in [0.5, 0.6) is 0 Å². The molecule has 0 aliphatic carbocycles. The van der Waals surface area contributed by atoms with Gasteiger partial charge >= 0.3 is 6.18 Å². The summed E-state index contributed by atoms with van der Waals surface area (Å²) >= 11 is 0. The van der Waals surface area contributed by atoms with E-state index in [1.54, 1.807) is 6.20 Å². The first-order valence-electron chi connectivity index (χ1n) is 6.77. The Labute approximate surface area is 124 Å². The predicted molar refractivity (Wildman–Crippen MR) is 71.0 cm³/mol. The second-order valence-corrected chi connectivity index (χ2v) is 5.13. The molecule has 8 heteroatoms. The molecule has 1 aliphatic heterocycles. The summed E-state index contributed by atoms with van der Waals surface area (Å²) in [6.07, 6.45) is 1.25. The molecule has 1 unspecified atom stereocenters. The standard InChI is InChI=1S/C14H13F3N4O/c15-14(16,17)9-1-3-11(19-7-9)13(22)20-10-2-4-12-18-5-6-21(12)8-10/h1,3,5-7,10H,2,4,8H2,(H,20,22). The lowest BCUT2D eigenvalue weighted by Crippen LogP contribution is -2.41. The number of nitrogens with one attached hydrogen (secondary N) is 1. The molecular formula is C14H13F3N4O. The molecule has 0 radical (unpaired) electrons. The first-order chi connectivity index (χ1) is 10.4. The molecule has 0 saturated carbocycles. The third kappa shape index (κ3) is 2.95. The van der Waals surface area contributed by atoms with Gasteiger partial charge in [-0.1, -0.05) is 0 Å². The van der Waals surface area contributed by atoms with Gasteiger partial charge < -0.3 is 9.88 Å². The topological polar surface area (TPSA) is 59.8 Å². The Balaban J connectivity index is 1.65. The zero-order valence-electron chi connectivity index (χ0n) is 11.5. The zero-order valence-corrected chi connectivity index (χ0v) is 11.5. The highest BCUT2D eigenvalue weighted by molar-refractivity contribution is 5.92. The van der Waals surface area contributed by atoms with Crippen molar-refractivity contribution in [3.05, 3.63) is 47.8 Å². The highest BCUT2D eigenvalue weighted by Crippen LogP contribution is 2.28. The number of fused-ring (bicyclic) bond motifs is 1. The van der Waals surface area contributed by atoms with E-state index in [2.05, 4.69) is 15.3 Å². The summed E-state index contributed by atoms with van der Waals surface area (Å²) in [4.78, 5) is 19.8. The van der Waals surface area contributed by atoms with Crippen molar-refractivity contribution in [2.24, 2.45) is 0 Å². The van der Waals surface area contributed by atoms with E-state index < -0.39 is 17.6 Å². The molecule has 2 aromatic rings. The third-order valence-corrected chi connectivity index (χ3v) is 3.59. The van der Waals surface area contributed by atoms with E-state index in [0.29, 0.717) is 12.7 Å². The third-order valence-electron chi connectivity index (χ3n) is 3.59. The molecule has 0 saturated heterocycles. The van der Waals surface area contributed by atoms with Gasteiger partial charge in [-0.3, -0.25) is 9.78 Å². The first kappa shape index (κ1) is 14.6. The maximum atomic E-state index is 12.5. The Morgan fingerprint density at radius 3 is 2.82 bits per heavy atom. The molecule has 1 N–H and O–H groups in total. The number of hydrogen-bond donors (Lipinski definition) is 1. The fourth-order valence-corrected chi connectivity index (χ4v) is 2.44. The van der Waals surface area contributed by atoms with E-state index in [9.17, 15) is 18.0 Å². The normalized spacial score (nSPS) is 17.9. The largest absolute Gasteiger partial charge is 0.417 e. The predicted octanol–water partition coefficient (Wildman–Crippen LogP) is 2.04. The quantitative estimate of drug-likeness (QED) is 0.923. The minimum Gasteiger partial charge on any atom is -0.346 e. The van der Waals surface area contributed by atoms with Crippen LogP contribution in [0.15, 0.2) is 30.7 Å². The molecule has 1 amide bonds. The van der Waals surface area contributed by atoms with Crippen LogP contribution in [0, 0.1) is 0 Å². The number of amides is 1. The lowest BCUT2D eigenvalue weighted by atomic mass is 10.1. The number of nitrogens with zero attached hydrogens (tertiary/aromatic N) is 3.